The summed E-state index contributed by atoms with van der Waals surface area (Å²) in [6.45, 7) is 2.68. The number of hydrogen-bond acceptors (Lipinski definition) is 3. The molecule has 0 radical (unpaired) electrons. The highest BCUT2D eigenvalue weighted by molar-refractivity contribution is 7.89. The molecule has 5 heteroatoms. The molecule has 2 N–H and O–H groups in total. The first kappa shape index (κ1) is 18.0. The van der Waals surface area contributed by atoms with Gasteiger partial charge < -0.3 is 5.11 Å². The van der Waals surface area contributed by atoms with Crippen molar-refractivity contribution in [3.8, 4) is 5.75 Å². The van der Waals surface area contributed by atoms with Crippen LogP contribution in [-0.4, -0.2) is 20.1 Å². The van der Waals surface area contributed by atoms with Crippen molar-refractivity contribution < 1.29 is 13.5 Å². The maximum Gasteiger partial charge on any atom is 0.240 e. The van der Waals surface area contributed by atoms with Crippen LogP contribution in [0.1, 0.15) is 58.3 Å². The van der Waals surface area contributed by atoms with Crippen molar-refractivity contribution in [2.24, 2.45) is 0 Å². The molecule has 0 heterocycles. The van der Waals surface area contributed by atoms with Crippen molar-refractivity contribution in [2.75, 3.05) is 6.54 Å². The van der Waals surface area contributed by atoms with E-state index >= 15 is 0 Å². The van der Waals surface area contributed by atoms with Crippen LogP contribution in [-0.2, 0) is 10.0 Å². The quantitative estimate of drug-likeness (QED) is 0.610. The Hall–Kier alpha value is -1.07. The summed E-state index contributed by atoms with van der Waals surface area (Å²) in [6, 6.07) is 5.58. The molecule has 21 heavy (non-hydrogen) atoms. The largest absolute Gasteiger partial charge is 0.508 e. The molecular formula is C16H27NO3S. The number of phenols is 1. The van der Waals surface area contributed by atoms with Crippen molar-refractivity contribution in [1.82, 2.24) is 4.72 Å². The van der Waals surface area contributed by atoms with Gasteiger partial charge in [0.15, 0.2) is 0 Å². The number of sulfonamides is 1. The third kappa shape index (κ3) is 7.48. The zero-order valence-corrected chi connectivity index (χ0v) is 13.7. The van der Waals surface area contributed by atoms with E-state index in [1.54, 1.807) is 0 Å². The first-order valence-electron chi connectivity index (χ1n) is 7.85. The van der Waals surface area contributed by atoms with Gasteiger partial charge in [0.05, 0.1) is 4.90 Å². The van der Waals surface area contributed by atoms with Crippen molar-refractivity contribution in [3.05, 3.63) is 24.3 Å². The summed E-state index contributed by atoms with van der Waals surface area (Å²) >= 11 is 0. The van der Waals surface area contributed by atoms with Crippen LogP contribution in [0.5, 0.6) is 5.75 Å². The van der Waals surface area contributed by atoms with Crippen LogP contribution in [0.15, 0.2) is 29.2 Å². The average molecular weight is 313 g/mol. The number of aromatic hydroxyl groups is 1. The Kier molecular flexibility index (Phi) is 8.38. The Morgan fingerprint density at radius 3 is 2.00 bits per heavy atom. The molecule has 1 aromatic carbocycles. The van der Waals surface area contributed by atoms with E-state index in [1.807, 2.05) is 0 Å². The topological polar surface area (TPSA) is 66.4 Å². The Bertz CT molecular complexity index is 483. The maximum atomic E-state index is 12.0. The van der Waals surface area contributed by atoms with Crippen LogP contribution < -0.4 is 4.72 Å². The Morgan fingerprint density at radius 1 is 0.905 bits per heavy atom. The van der Waals surface area contributed by atoms with E-state index in [1.165, 1.54) is 62.8 Å². The standard InChI is InChI=1S/C16H27NO3S/c1-2-3-4-5-6-7-8-9-14-17-21(19,20)16-12-10-15(18)11-13-16/h10-13,17-18H,2-9,14H2,1H3. The molecule has 0 unspecified atom stereocenters. The smallest absolute Gasteiger partial charge is 0.240 e. The molecule has 0 saturated heterocycles. The van der Waals surface area contributed by atoms with Gasteiger partial charge in [0.1, 0.15) is 5.75 Å². The zero-order chi connectivity index (χ0) is 15.6. The number of hydrogen-bond donors (Lipinski definition) is 2. The van der Waals surface area contributed by atoms with E-state index in [0.29, 0.717) is 6.54 Å². The molecule has 0 saturated carbocycles. The van der Waals surface area contributed by atoms with Gasteiger partial charge in [-0.15, -0.1) is 0 Å². The summed E-state index contributed by atoms with van der Waals surface area (Å²) in [5, 5.41) is 9.16. The van der Waals surface area contributed by atoms with Crippen molar-refractivity contribution >= 4 is 10.0 Å². The monoisotopic (exact) mass is 313 g/mol. The molecule has 0 aliphatic carbocycles. The van der Waals surface area contributed by atoms with E-state index in [2.05, 4.69) is 11.6 Å². The van der Waals surface area contributed by atoms with Gasteiger partial charge in [0.2, 0.25) is 10.0 Å². The summed E-state index contributed by atoms with van der Waals surface area (Å²) in [5.74, 6) is 0.0667. The molecule has 1 rings (SSSR count). The summed E-state index contributed by atoms with van der Waals surface area (Å²) < 4.78 is 26.5. The molecule has 0 bridgehead atoms. The average Bonchev–Trinajstić information content (AvgIpc) is 2.46. The first-order chi connectivity index (χ1) is 10.1. The third-order valence-corrected chi connectivity index (χ3v) is 4.95. The lowest BCUT2D eigenvalue weighted by molar-refractivity contribution is 0.474. The highest BCUT2D eigenvalue weighted by atomic mass is 32.2. The number of phenolic OH excluding ortho intramolecular Hbond substituents is 1. The molecule has 1 aromatic rings. The van der Waals surface area contributed by atoms with E-state index in [9.17, 15) is 8.42 Å². The fourth-order valence-corrected chi connectivity index (χ4v) is 3.25. The lowest BCUT2D eigenvalue weighted by Crippen LogP contribution is -2.24. The first-order valence-corrected chi connectivity index (χ1v) is 9.33. The molecule has 0 aliphatic rings. The van der Waals surface area contributed by atoms with Gasteiger partial charge in [-0.2, -0.15) is 0 Å². The van der Waals surface area contributed by atoms with Crippen LogP contribution in [0.2, 0.25) is 0 Å². The molecule has 120 valence electrons. The predicted molar refractivity (Wildman–Crippen MR) is 85.9 cm³/mol. The molecule has 0 aromatic heterocycles. The molecule has 0 fully saturated rings. The number of benzene rings is 1. The minimum Gasteiger partial charge on any atom is -0.508 e. The number of rotatable bonds is 11. The lowest BCUT2D eigenvalue weighted by atomic mass is 10.1. The van der Waals surface area contributed by atoms with Crippen LogP contribution in [0.4, 0.5) is 0 Å². The third-order valence-electron chi connectivity index (χ3n) is 3.47. The molecule has 0 atom stereocenters. The fourth-order valence-electron chi connectivity index (χ4n) is 2.17. The van der Waals surface area contributed by atoms with E-state index < -0.39 is 10.0 Å². The van der Waals surface area contributed by atoms with Crippen molar-refractivity contribution in [1.29, 1.82) is 0 Å². The van der Waals surface area contributed by atoms with Gasteiger partial charge in [-0.1, -0.05) is 51.9 Å². The van der Waals surface area contributed by atoms with Gasteiger partial charge in [-0.25, -0.2) is 13.1 Å². The molecular weight excluding hydrogens is 286 g/mol. The molecule has 4 nitrogen and oxygen atoms in total. The van der Waals surface area contributed by atoms with Crippen LogP contribution in [0.3, 0.4) is 0 Å². The second kappa shape index (κ2) is 9.79. The Balaban J connectivity index is 2.15. The van der Waals surface area contributed by atoms with Crippen LogP contribution in [0.25, 0.3) is 0 Å². The minimum absolute atomic E-state index is 0.0667. The van der Waals surface area contributed by atoms with Gasteiger partial charge in [0, 0.05) is 6.54 Å². The molecule has 0 amide bonds. The van der Waals surface area contributed by atoms with Gasteiger partial charge in [-0.05, 0) is 30.7 Å². The fraction of sp³-hybridized carbons (Fsp3) is 0.625. The Labute approximate surface area is 128 Å². The predicted octanol–water partition coefficient (Wildman–Crippen LogP) is 3.81. The summed E-state index contributed by atoms with van der Waals surface area (Å²) in [7, 11) is -3.44. The van der Waals surface area contributed by atoms with Gasteiger partial charge in [0.25, 0.3) is 0 Å². The summed E-state index contributed by atoms with van der Waals surface area (Å²) in [6.07, 6.45) is 9.51. The SMILES string of the molecule is CCCCCCCCCCNS(=O)(=O)c1ccc(O)cc1. The number of unbranched alkanes of at least 4 members (excludes halogenated alkanes) is 7. The van der Waals surface area contributed by atoms with Gasteiger partial charge >= 0.3 is 0 Å². The highest BCUT2D eigenvalue weighted by Crippen LogP contribution is 2.14. The van der Waals surface area contributed by atoms with Crippen LogP contribution in [0, 0.1) is 0 Å². The Morgan fingerprint density at radius 2 is 1.43 bits per heavy atom. The van der Waals surface area contributed by atoms with E-state index in [0.717, 1.165) is 12.8 Å². The summed E-state index contributed by atoms with van der Waals surface area (Å²) in [5.41, 5.74) is 0. The second-order valence-electron chi connectivity index (χ2n) is 5.37. The maximum absolute atomic E-state index is 12.0. The number of nitrogens with one attached hydrogen (secondary N) is 1. The second-order valence-corrected chi connectivity index (χ2v) is 7.13. The van der Waals surface area contributed by atoms with Crippen LogP contribution >= 0.6 is 0 Å². The van der Waals surface area contributed by atoms with E-state index in [-0.39, 0.29) is 10.6 Å². The molecule has 0 aliphatic heterocycles. The highest BCUT2D eigenvalue weighted by Gasteiger charge is 2.12. The van der Waals surface area contributed by atoms with Gasteiger partial charge in [-0.3, -0.25) is 0 Å². The zero-order valence-electron chi connectivity index (χ0n) is 12.8. The minimum atomic E-state index is -3.44. The lowest BCUT2D eigenvalue weighted by Gasteiger charge is -2.07. The summed E-state index contributed by atoms with van der Waals surface area (Å²) in [4.78, 5) is 0.194. The van der Waals surface area contributed by atoms with Crippen molar-refractivity contribution in [2.45, 2.75) is 63.2 Å². The van der Waals surface area contributed by atoms with Crippen molar-refractivity contribution in [3.63, 3.8) is 0 Å². The van der Waals surface area contributed by atoms with E-state index in [4.69, 9.17) is 5.11 Å². The molecule has 0 spiro atoms. The normalized spacial score (nSPS) is 11.7.